The minimum Gasteiger partial charge on any atom is -0.462 e. The fraction of sp³-hybridized carbons (Fsp3) is 0.833. The number of hydrogen-bond donors (Lipinski definition) is 0. The van der Waals surface area contributed by atoms with Gasteiger partial charge >= 0.3 is 17.9 Å². The van der Waals surface area contributed by atoms with Gasteiger partial charge in [-0.1, -0.05) is 288 Å². The zero-order chi connectivity index (χ0) is 52.2. The topological polar surface area (TPSA) is 78.9 Å². The molecule has 0 spiro atoms. The molecule has 0 aliphatic carbocycles. The van der Waals surface area contributed by atoms with Gasteiger partial charge in [-0.3, -0.25) is 14.4 Å². The van der Waals surface area contributed by atoms with E-state index in [0.717, 1.165) is 96.3 Å². The second-order valence-corrected chi connectivity index (χ2v) is 21.3. The Morgan fingerprint density at radius 3 is 0.861 bits per heavy atom. The van der Waals surface area contributed by atoms with Gasteiger partial charge in [0.2, 0.25) is 0 Å². The molecule has 6 nitrogen and oxygen atoms in total. The van der Waals surface area contributed by atoms with Crippen LogP contribution in [0, 0.1) is 0 Å². The summed E-state index contributed by atoms with van der Waals surface area (Å²) in [7, 11) is 0. The number of carbonyl (C=O) groups is 3. The van der Waals surface area contributed by atoms with E-state index < -0.39 is 6.10 Å². The van der Waals surface area contributed by atoms with Gasteiger partial charge in [0.25, 0.3) is 0 Å². The van der Waals surface area contributed by atoms with E-state index in [1.165, 1.54) is 199 Å². The monoisotopic (exact) mass is 1010 g/mol. The Hall–Kier alpha value is -2.63. The van der Waals surface area contributed by atoms with Crippen molar-refractivity contribution in [3.05, 3.63) is 48.6 Å². The maximum Gasteiger partial charge on any atom is 0.306 e. The number of carbonyl (C=O) groups excluding carboxylic acids is 3. The highest BCUT2D eigenvalue weighted by Gasteiger charge is 2.19. The molecule has 0 aliphatic rings. The first-order valence-electron chi connectivity index (χ1n) is 31.6. The zero-order valence-corrected chi connectivity index (χ0v) is 48.2. The Bertz CT molecular complexity index is 1250. The van der Waals surface area contributed by atoms with E-state index in [1.807, 2.05) is 0 Å². The summed E-state index contributed by atoms with van der Waals surface area (Å²) in [6.07, 6.45) is 75.7. The van der Waals surface area contributed by atoms with Crippen molar-refractivity contribution in [2.75, 3.05) is 13.2 Å². The van der Waals surface area contributed by atoms with Crippen molar-refractivity contribution in [1.82, 2.24) is 0 Å². The summed E-state index contributed by atoms with van der Waals surface area (Å²) in [6.45, 7) is 6.54. The van der Waals surface area contributed by atoms with Crippen LogP contribution in [-0.2, 0) is 28.6 Å². The van der Waals surface area contributed by atoms with Crippen molar-refractivity contribution >= 4 is 17.9 Å². The molecule has 0 heterocycles. The number of esters is 3. The lowest BCUT2D eigenvalue weighted by atomic mass is 10.0. The van der Waals surface area contributed by atoms with Gasteiger partial charge in [-0.05, 0) is 77.0 Å². The minimum absolute atomic E-state index is 0.0763. The summed E-state index contributed by atoms with van der Waals surface area (Å²) in [5, 5.41) is 0. The third-order valence-corrected chi connectivity index (χ3v) is 14.1. The average molecular weight is 1010 g/mol. The lowest BCUT2D eigenvalue weighted by Gasteiger charge is -2.18. The molecular formula is C66H120O6. The van der Waals surface area contributed by atoms with Crippen LogP contribution >= 0.6 is 0 Å². The second-order valence-electron chi connectivity index (χ2n) is 21.3. The number of allylic oxidation sites excluding steroid dienone is 8. The highest BCUT2D eigenvalue weighted by Crippen LogP contribution is 2.17. The van der Waals surface area contributed by atoms with E-state index in [-0.39, 0.29) is 31.1 Å². The molecule has 1 unspecified atom stereocenters. The Balaban J connectivity index is 4.11. The molecule has 0 fully saturated rings. The third kappa shape index (κ3) is 58.3. The molecule has 0 aromatic heterocycles. The van der Waals surface area contributed by atoms with Crippen molar-refractivity contribution < 1.29 is 28.6 Å². The molecular weight excluding hydrogens is 889 g/mol. The molecule has 0 rings (SSSR count). The van der Waals surface area contributed by atoms with Crippen molar-refractivity contribution in [1.29, 1.82) is 0 Å². The van der Waals surface area contributed by atoms with Crippen LogP contribution in [-0.4, -0.2) is 37.2 Å². The molecule has 0 aromatic rings. The molecule has 0 saturated heterocycles. The van der Waals surface area contributed by atoms with Gasteiger partial charge in [0.05, 0.1) is 0 Å². The van der Waals surface area contributed by atoms with E-state index in [0.29, 0.717) is 19.3 Å². The van der Waals surface area contributed by atoms with Crippen molar-refractivity contribution in [3.8, 4) is 0 Å². The summed E-state index contributed by atoms with van der Waals surface area (Å²) in [5.41, 5.74) is 0. The smallest absolute Gasteiger partial charge is 0.306 e. The van der Waals surface area contributed by atoms with Gasteiger partial charge in [-0.15, -0.1) is 0 Å². The summed E-state index contributed by atoms with van der Waals surface area (Å²) < 4.78 is 16.9. The number of unbranched alkanes of at least 4 members (excludes halogenated alkanes) is 39. The Morgan fingerprint density at radius 1 is 0.292 bits per heavy atom. The third-order valence-electron chi connectivity index (χ3n) is 14.1. The average Bonchev–Trinajstić information content (AvgIpc) is 3.38. The van der Waals surface area contributed by atoms with Crippen molar-refractivity contribution in [3.63, 3.8) is 0 Å². The van der Waals surface area contributed by atoms with Gasteiger partial charge in [0.1, 0.15) is 13.2 Å². The van der Waals surface area contributed by atoms with E-state index >= 15 is 0 Å². The Labute approximate surface area is 448 Å². The van der Waals surface area contributed by atoms with Gasteiger partial charge in [-0.2, -0.15) is 0 Å². The van der Waals surface area contributed by atoms with Crippen LogP contribution in [0.5, 0.6) is 0 Å². The highest BCUT2D eigenvalue weighted by molar-refractivity contribution is 5.71. The summed E-state index contributed by atoms with van der Waals surface area (Å²) in [5.74, 6) is -0.878. The van der Waals surface area contributed by atoms with Crippen LogP contribution in [0.2, 0.25) is 0 Å². The van der Waals surface area contributed by atoms with Crippen LogP contribution in [0.1, 0.15) is 335 Å². The molecule has 0 aliphatic heterocycles. The van der Waals surface area contributed by atoms with Crippen LogP contribution < -0.4 is 0 Å². The predicted molar refractivity (Wildman–Crippen MR) is 312 cm³/mol. The number of hydrogen-bond acceptors (Lipinski definition) is 6. The molecule has 1 atom stereocenters. The first-order chi connectivity index (χ1) is 35.5. The van der Waals surface area contributed by atoms with Crippen molar-refractivity contribution in [2.45, 2.75) is 341 Å². The Kier molecular flexibility index (Phi) is 58.7. The first-order valence-corrected chi connectivity index (χ1v) is 31.6. The number of ether oxygens (including phenoxy) is 3. The van der Waals surface area contributed by atoms with Crippen LogP contribution in [0.25, 0.3) is 0 Å². The van der Waals surface area contributed by atoms with Gasteiger partial charge in [-0.25, -0.2) is 0 Å². The maximum atomic E-state index is 12.8. The van der Waals surface area contributed by atoms with E-state index in [1.54, 1.807) is 0 Å². The molecule has 0 aromatic carbocycles. The van der Waals surface area contributed by atoms with E-state index in [2.05, 4.69) is 69.4 Å². The number of rotatable bonds is 58. The molecule has 72 heavy (non-hydrogen) atoms. The maximum absolute atomic E-state index is 12.8. The largest absolute Gasteiger partial charge is 0.462 e. The lowest BCUT2D eigenvalue weighted by Crippen LogP contribution is -2.30. The van der Waals surface area contributed by atoms with Crippen LogP contribution in [0.3, 0.4) is 0 Å². The molecule has 0 saturated carbocycles. The van der Waals surface area contributed by atoms with Gasteiger partial charge in [0, 0.05) is 19.3 Å². The molecule has 420 valence electrons. The summed E-state index contributed by atoms with van der Waals surface area (Å²) in [4.78, 5) is 38.1. The molecule has 6 heteroatoms. The Morgan fingerprint density at radius 2 is 0.542 bits per heavy atom. The lowest BCUT2D eigenvalue weighted by molar-refractivity contribution is -0.167. The SMILES string of the molecule is CC/C=C\C/C=C\C/C=C\CCCCCCCC(=O)OC(COC(=O)CCCCCCCCCCCC)COC(=O)CCCCCCCCCCCCCCCCCCC/C=C\CCCCCCCCCC. The molecule has 0 N–H and O–H groups in total. The molecule has 0 radical (unpaired) electrons. The summed E-state index contributed by atoms with van der Waals surface area (Å²) >= 11 is 0. The van der Waals surface area contributed by atoms with E-state index in [9.17, 15) is 14.4 Å². The van der Waals surface area contributed by atoms with Crippen LogP contribution in [0.4, 0.5) is 0 Å². The predicted octanol–water partition coefficient (Wildman–Crippen LogP) is 21.4. The van der Waals surface area contributed by atoms with Gasteiger partial charge < -0.3 is 14.2 Å². The minimum atomic E-state index is -0.778. The van der Waals surface area contributed by atoms with E-state index in [4.69, 9.17) is 14.2 Å². The standard InChI is InChI=1S/C66H120O6/c1-4-7-10-13-16-19-22-24-26-27-28-29-30-31-32-33-34-35-36-37-38-39-41-42-44-47-50-53-56-59-65(68)71-62-63(61-70-64(67)58-55-52-49-46-21-18-15-12-9-6-3)72-66(69)60-57-54-51-48-45-43-40-25-23-20-17-14-11-8-5-2/h8,11,17,20,25,27-28,40,63H,4-7,9-10,12-16,18-19,21-24,26,29-39,41-62H2,1-3H3/b11-8-,20-17-,28-27-,40-25-. The fourth-order valence-electron chi connectivity index (χ4n) is 9.34. The van der Waals surface area contributed by atoms with Crippen LogP contribution in [0.15, 0.2) is 48.6 Å². The fourth-order valence-corrected chi connectivity index (χ4v) is 9.34. The summed E-state index contributed by atoms with van der Waals surface area (Å²) in [6, 6.07) is 0. The zero-order valence-electron chi connectivity index (χ0n) is 48.2. The highest BCUT2D eigenvalue weighted by atomic mass is 16.6. The molecule has 0 bridgehead atoms. The molecule has 0 amide bonds. The first kappa shape index (κ1) is 69.4. The second kappa shape index (κ2) is 60.9. The van der Waals surface area contributed by atoms with Gasteiger partial charge in [0.15, 0.2) is 6.10 Å². The van der Waals surface area contributed by atoms with Crippen molar-refractivity contribution in [2.24, 2.45) is 0 Å². The quantitative estimate of drug-likeness (QED) is 0.0261. The normalized spacial score (nSPS) is 12.3.